The van der Waals surface area contributed by atoms with Crippen LogP contribution in [0.4, 0.5) is 0 Å². The van der Waals surface area contributed by atoms with E-state index in [1.165, 1.54) is 14.7 Å². The molecule has 0 nitrogen and oxygen atoms in total. The number of halogens is 1. The lowest BCUT2D eigenvalue weighted by Crippen LogP contribution is -1.85. The summed E-state index contributed by atoms with van der Waals surface area (Å²) in [5.41, 5.74) is 2.60. The molecule has 0 amide bonds. The normalized spacial score (nSPS) is 10.0. The van der Waals surface area contributed by atoms with Gasteiger partial charge in [0.15, 0.2) is 0 Å². The van der Waals surface area contributed by atoms with Crippen LogP contribution in [-0.2, 0) is 0 Å². The van der Waals surface area contributed by atoms with E-state index >= 15 is 0 Å². The SMILES string of the molecule is Cc1ccc(I)c(S)c1C. The van der Waals surface area contributed by atoms with Crippen molar-refractivity contribution in [3.63, 3.8) is 0 Å². The summed E-state index contributed by atoms with van der Waals surface area (Å²) >= 11 is 6.66. The molecule has 1 aromatic carbocycles. The van der Waals surface area contributed by atoms with Gasteiger partial charge in [-0.05, 0) is 53.6 Å². The number of benzene rings is 1. The topological polar surface area (TPSA) is 0 Å². The first-order valence-electron chi connectivity index (χ1n) is 3.07. The molecule has 0 unspecified atom stereocenters. The zero-order chi connectivity index (χ0) is 7.72. The van der Waals surface area contributed by atoms with Crippen molar-refractivity contribution in [2.45, 2.75) is 18.7 Å². The molecule has 0 heterocycles. The average Bonchev–Trinajstić information content (AvgIpc) is 1.93. The Hall–Kier alpha value is 0.300. The van der Waals surface area contributed by atoms with Crippen LogP contribution in [0.25, 0.3) is 0 Å². The summed E-state index contributed by atoms with van der Waals surface area (Å²) in [6, 6.07) is 4.21. The summed E-state index contributed by atoms with van der Waals surface area (Å²) in [5.74, 6) is 0. The van der Waals surface area contributed by atoms with Gasteiger partial charge in [0.1, 0.15) is 0 Å². The van der Waals surface area contributed by atoms with Crippen molar-refractivity contribution in [2.75, 3.05) is 0 Å². The van der Waals surface area contributed by atoms with Gasteiger partial charge in [-0.2, -0.15) is 0 Å². The molecule has 2 heteroatoms. The third-order valence-electron chi connectivity index (χ3n) is 1.65. The quantitative estimate of drug-likeness (QED) is 0.540. The van der Waals surface area contributed by atoms with Crippen molar-refractivity contribution in [1.29, 1.82) is 0 Å². The zero-order valence-electron chi connectivity index (χ0n) is 5.98. The van der Waals surface area contributed by atoms with Gasteiger partial charge in [0.25, 0.3) is 0 Å². The zero-order valence-corrected chi connectivity index (χ0v) is 9.03. The van der Waals surface area contributed by atoms with Crippen molar-refractivity contribution in [3.05, 3.63) is 26.8 Å². The highest BCUT2D eigenvalue weighted by Gasteiger charge is 1.99. The highest BCUT2D eigenvalue weighted by molar-refractivity contribution is 14.1. The van der Waals surface area contributed by atoms with E-state index in [0.29, 0.717) is 0 Å². The summed E-state index contributed by atoms with van der Waals surface area (Å²) in [5, 5.41) is 0. The molecule has 0 N–H and O–H groups in total. The molecule has 54 valence electrons. The van der Waals surface area contributed by atoms with Gasteiger partial charge in [0, 0.05) is 8.47 Å². The van der Waals surface area contributed by atoms with Gasteiger partial charge in [-0.25, -0.2) is 0 Å². The largest absolute Gasteiger partial charge is 0.142 e. The molecule has 0 fully saturated rings. The first kappa shape index (κ1) is 8.40. The summed E-state index contributed by atoms with van der Waals surface area (Å²) in [7, 11) is 0. The Kier molecular flexibility index (Phi) is 2.63. The van der Waals surface area contributed by atoms with Crippen LogP contribution in [0.2, 0.25) is 0 Å². The van der Waals surface area contributed by atoms with Gasteiger partial charge >= 0.3 is 0 Å². The van der Waals surface area contributed by atoms with Crippen molar-refractivity contribution < 1.29 is 0 Å². The Bertz CT molecular complexity index is 229. The van der Waals surface area contributed by atoms with Crippen LogP contribution in [0.1, 0.15) is 11.1 Å². The molecular formula is C8H9IS. The van der Waals surface area contributed by atoms with E-state index in [-0.39, 0.29) is 0 Å². The molecule has 0 atom stereocenters. The second kappa shape index (κ2) is 3.13. The molecule has 1 aromatic rings. The van der Waals surface area contributed by atoms with E-state index < -0.39 is 0 Å². The van der Waals surface area contributed by atoms with E-state index in [2.05, 4.69) is 61.2 Å². The van der Waals surface area contributed by atoms with Crippen LogP contribution in [-0.4, -0.2) is 0 Å². The number of thiol groups is 1. The number of hydrogen-bond donors (Lipinski definition) is 1. The van der Waals surface area contributed by atoms with Crippen LogP contribution < -0.4 is 0 Å². The highest BCUT2D eigenvalue weighted by Crippen LogP contribution is 2.22. The molecule has 0 saturated carbocycles. The maximum absolute atomic E-state index is 4.37. The molecule has 1 rings (SSSR count). The minimum Gasteiger partial charge on any atom is -0.142 e. The monoisotopic (exact) mass is 264 g/mol. The minimum absolute atomic E-state index is 1.11. The van der Waals surface area contributed by atoms with E-state index in [9.17, 15) is 0 Å². The van der Waals surface area contributed by atoms with Crippen LogP contribution >= 0.6 is 35.2 Å². The first-order valence-corrected chi connectivity index (χ1v) is 4.60. The molecule has 0 aromatic heterocycles. The Morgan fingerprint density at radius 3 is 2.40 bits per heavy atom. The average molecular weight is 264 g/mol. The minimum atomic E-state index is 1.11. The Balaban J connectivity index is 3.34. The number of aryl methyl sites for hydroxylation is 1. The van der Waals surface area contributed by atoms with Crippen LogP contribution in [0.15, 0.2) is 17.0 Å². The van der Waals surface area contributed by atoms with Crippen LogP contribution in [0.5, 0.6) is 0 Å². The van der Waals surface area contributed by atoms with E-state index in [0.717, 1.165) is 4.90 Å². The Morgan fingerprint density at radius 1 is 1.30 bits per heavy atom. The lowest BCUT2D eigenvalue weighted by Gasteiger charge is -2.04. The molecule has 0 bridgehead atoms. The highest BCUT2D eigenvalue weighted by atomic mass is 127. The molecule has 10 heavy (non-hydrogen) atoms. The second-order valence-corrected chi connectivity index (χ2v) is 3.95. The maximum atomic E-state index is 4.37. The maximum Gasteiger partial charge on any atom is 0.0266 e. The molecule has 0 spiro atoms. The van der Waals surface area contributed by atoms with Crippen molar-refractivity contribution in [2.24, 2.45) is 0 Å². The van der Waals surface area contributed by atoms with Crippen molar-refractivity contribution in [1.82, 2.24) is 0 Å². The van der Waals surface area contributed by atoms with Crippen LogP contribution in [0, 0.1) is 17.4 Å². The van der Waals surface area contributed by atoms with Gasteiger partial charge in [-0.15, -0.1) is 12.6 Å². The smallest absolute Gasteiger partial charge is 0.0266 e. The Labute approximate surface area is 80.6 Å². The standard InChI is InChI=1S/C8H9IS/c1-5-3-4-7(9)8(10)6(5)2/h3-4,10H,1-2H3. The van der Waals surface area contributed by atoms with Crippen LogP contribution in [0.3, 0.4) is 0 Å². The summed E-state index contributed by atoms with van der Waals surface area (Å²) in [6.07, 6.45) is 0. The van der Waals surface area contributed by atoms with E-state index in [1.54, 1.807) is 0 Å². The van der Waals surface area contributed by atoms with Crippen molar-refractivity contribution in [3.8, 4) is 0 Å². The molecule has 0 aliphatic carbocycles. The lowest BCUT2D eigenvalue weighted by atomic mass is 10.1. The second-order valence-electron chi connectivity index (χ2n) is 2.34. The fourth-order valence-electron chi connectivity index (χ4n) is 0.768. The predicted molar refractivity (Wildman–Crippen MR) is 55.9 cm³/mol. The van der Waals surface area contributed by atoms with Gasteiger partial charge in [0.2, 0.25) is 0 Å². The molecule has 0 radical (unpaired) electrons. The number of rotatable bonds is 0. The lowest BCUT2D eigenvalue weighted by molar-refractivity contribution is 1.21. The summed E-state index contributed by atoms with van der Waals surface area (Å²) in [4.78, 5) is 1.11. The Morgan fingerprint density at radius 2 is 1.90 bits per heavy atom. The van der Waals surface area contributed by atoms with E-state index in [1.807, 2.05) is 0 Å². The predicted octanol–water partition coefficient (Wildman–Crippen LogP) is 3.20. The molecule has 0 saturated heterocycles. The third-order valence-corrected chi connectivity index (χ3v) is 3.55. The summed E-state index contributed by atoms with van der Waals surface area (Å²) < 4.78 is 1.23. The molecule has 0 aliphatic rings. The number of hydrogen-bond acceptors (Lipinski definition) is 1. The van der Waals surface area contributed by atoms with Gasteiger partial charge in [-0.3, -0.25) is 0 Å². The van der Waals surface area contributed by atoms with Gasteiger partial charge in [0.05, 0.1) is 0 Å². The molecule has 0 aliphatic heterocycles. The first-order chi connectivity index (χ1) is 4.63. The van der Waals surface area contributed by atoms with E-state index in [4.69, 9.17) is 0 Å². The molecular weight excluding hydrogens is 255 g/mol. The van der Waals surface area contributed by atoms with Crippen molar-refractivity contribution >= 4 is 35.2 Å². The van der Waals surface area contributed by atoms with Gasteiger partial charge < -0.3 is 0 Å². The third kappa shape index (κ3) is 1.48. The fraction of sp³-hybridized carbons (Fsp3) is 0.250. The van der Waals surface area contributed by atoms with Gasteiger partial charge in [-0.1, -0.05) is 6.07 Å². The summed E-state index contributed by atoms with van der Waals surface area (Å²) in [6.45, 7) is 4.20. The fourth-order valence-corrected chi connectivity index (χ4v) is 1.60.